The third-order valence-corrected chi connectivity index (χ3v) is 2.81. The van der Waals surface area contributed by atoms with Crippen LogP contribution in [0.25, 0.3) is 0 Å². The van der Waals surface area contributed by atoms with E-state index >= 15 is 0 Å². The molecule has 0 spiro atoms. The summed E-state index contributed by atoms with van der Waals surface area (Å²) in [6, 6.07) is 1.67. The van der Waals surface area contributed by atoms with Gasteiger partial charge in [-0.1, -0.05) is 6.92 Å². The van der Waals surface area contributed by atoms with Crippen molar-refractivity contribution < 1.29 is 0 Å². The molecule has 2 N–H and O–H groups in total. The smallest absolute Gasteiger partial charge is 0.0119 e. The Balaban J connectivity index is 1.78. The van der Waals surface area contributed by atoms with E-state index in [1.54, 1.807) is 0 Å². The molecule has 0 radical (unpaired) electrons. The fraction of sp³-hybridized carbons (Fsp3) is 1.00. The van der Waals surface area contributed by atoms with Gasteiger partial charge in [-0.15, -0.1) is 0 Å². The summed E-state index contributed by atoms with van der Waals surface area (Å²) in [4.78, 5) is 0. The van der Waals surface area contributed by atoms with E-state index in [0.717, 1.165) is 18.0 Å². The zero-order valence-corrected chi connectivity index (χ0v) is 7.27. The highest BCUT2D eigenvalue weighted by molar-refractivity contribution is 4.89. The first-order chi connectivity index (χ1) is 5.36. The van der Waals surface area contributed by atoms with Gasteiger partial charge in [0.2, 0.25) is 0 Å². The maximum absolute atomic E-state index is 3.70. The highest BCUT2D eigenvalue weighted by atomic mass is 15.0. The lowest BCUT2D eigenvalue weighted by atomic mass is 9.95. The van der Waals surface area contributed by atoms with E-state index < -0.39 is 0 Å². The van der Waals surface area contributed by atoms with Crippen molar-refractivity contribution in [2.24, 2.45) is 5.92 Å². The molecule has 1 saturated carbocycles. The predicted molar refractivity (Wildman–Crippen MR) is 46.6 cm³/mol. The van der Waals surface area contributed by atoms with Crippen LogP contribution in [0.1, 0.15) is 26.2 Å². The summed E-state index contributed by atoms with van der Waals surface area (Å²) in [5, 5.41) is 7.12. The standard InChI is InChI=1S/C9H18N2/c1-7-6-10-5-4-9(7)11-8-2-3-8/h7-11H,2-6H2,1H3. The van der Waals surface area contributed by atoms with Crippen LogP contribution < -0.4 is 10.6 Å². The van der Waals surface area contributed by atoms with Crippen LogP contribution >= 0.6 is 0 Å². The van der Waals surface area contributed by atoms with E-state index in [0.29, 0.717) is 0 Å². The third kappa shape index (κ3) is 1.94. The van der Waals surface area contributed by atoms with Crippen molar-refractivity contribution in [3.63, 3.8) is 0 Å². The molecule has 0 aromatic rings. The van der Waals surface area contributed by atoms with Crippen LogP contribution in [0.4, 0.5) is 0 Å². The van der Waals surface area contributed by atoms with Gasteiger partial charge >= 0.3 is 0 Å². The first-order valence-corrected chi connectivity index (χ1v) is 4.83. The number of hydrogen-bond acceptors (Lipinski definition) is 2. The molecule has 2 atom stereocenters. The summed E-state index contributed by atoms with van der Waals surface area (Å²) in [5.74, 6) is 0.823. The van der Waals surface area contributed by atoms with Gasteiger partial charge in [0.15, 0.2) is 0 Å². The summed E-state index contributed by atoms with van der Waals surface area (Å²) in [6.07, 6.45) is 4.14. The summed E-state index contributed by atoms with van der Waals surface area (Å²) in [7, 11) is 0. The Morgan fingerprint density at radius 2 is 2.09 bits per heavy atom. The Labute approximate surface area is 68.7 Å². The highest BCUT2D eigenvalue weighted by Gasteiger charge is 2.28. The van der Waals surface area contributed by atoms with Gasteiger partial charge in [0.1, 0.15) is 0 Å². The lowest BCUT2D eigenvalue weighted by molar-refractivity contribution is 0.295. The Bertz CT molecular complexity index is 132. The van der Waals surface area contributed by atoms with Crippen LogP contribution in [-0.4, -0.2) is 25.2 Å². The quantitative estimate of drug-likeness (QED) is 0.613. The van der Waals surface area contributed by atoms with Gasteiger partial charge in [-0.25, -0.2) is 0 Å². The molecule has 2 aliphatic rings. The molecule has 2 fully saturated rings. The van der Waals surface area contributed by atoms with Gasteiger partial charge in [0.05, 0.1) is 0 Å². The van der Waals surface area contributed by atoms with E-state index in [4.69, 9.17) is 0 Å². The fourth-order valence-electron chi connectivity index (χ4n) is 1.81. The van der Waals surface area contributed by atoms with Gasteiger partial charge in [-0.2, -0.15) is 0 Å². The van der Waals surface area contributed by atoms with Crippen molar-refractivity contribution >= 4 is 0 Å². The SMILES string of the molecule is CC1CNCCC1NC1CC1. The van der Waals surface area contributed by atoms with E-state index in [1.807, 2.05) is 0 Å². The molecule has 0 aromatic heterocycles. The molecule has 1 heterocycles. The van der Waals surface area contributed by atoms with Crippen LogP contribution in [0.3, 0.4) is 0 Å². The molecule has 0 aromatic carbocycles. The monoisotopic (exact) mass is 154 g/mol. The molecule has 2 heteroatoms. The second-order valence-electron chi connectivity index (χ2n) is 4.02. The molecule has 2 nitrogen and oxygen atoms in total. The lowest BCUT2D eigenvalue weighted by Gasteiger charge is -2.30. The van der Waals surface area contributed by atoms with Gasteiger partial charge in [-0.05, 0) is 38.3 Å². The molecule has 1 aliphatic carbocycles. The Kier molecular flexibility index (Phi) is 2.14. The minimum Gasteiger partial charge on any atom is -0.316 e. The number of rotatable bonds is 2. The molecule has 64 valence electrons. The average molecular weight is 154 g/mol. The molecule has 0 amide bonds. The molecule has 1 saturated heterocycles. The topological polar surface area (TPSA) is 24.1 Å². The van der Waals surface area contributed by atoms with Crippen molar-refractivity contribution in [1.29, 1.82) is 0 Å². The van der Waals surface area contributed by atoms with Crippen LogP contribution in [-0.2, 0) is 0 Å². The first-order valence-electron chi connectivity index (χ1n) is 4.83. The normalized spacial score (nSPS) is 39.0. The first kappa shape index (κ1) is 7.56. The van der Waals surface area contributed by atoms with Gasteiger partial charge in [0, 0.05) is 12.1 Å². The van der Waals surface area contributed by atoms with Crippen molar-refractivity contribution in [2.75, 3.05) is 13.1 Å². The maximum Gasteiger partial charge on any atom is 0.0119 e. The second kappa shape index (κ2) is 3.11. The van der Waals surface area contributed by atoms with Crippen LogP contribution in [0, 0.1) is 5.92 Å². The van der Waals surface area contributed by atoms with Gasteiger partial charge in [0.25, 0.3) is 0 Å². The summed E-state index contributed by atoms with van der Waals surface area (Å²) < 4.78 is 0. The summed E-state index contributed by atoms with van der Waals surface area (Å²) >= 11 is 0. The molecule has 11 heavy (non-hydrogen) atoms. The predicted octanol–water partition coefficient (Wildman–Crippen LogP) is 0.736. The van der Waals surface area contributed by atoms with E-state index in [1.165, 1.54) is 32.4 Å². The van der Waals surface area contributed by atoms with Gasteiger partial charge < -0.3 is 10.6 Å². The zero-order chi connectivity index (χ0) is 7.68. The van der Waals surface area contributed by atoms with E-state index in [9.17, 15) is 0 Å². The number of hydrogen-bond donors (Lipinski definition) is 2. The minimum absolute atomic E-state index is 0.795. The Morgan fingerprint density at radius 3 is 2.73 bits per heavy atom. The van der Waals surface area contributed by atoms with Crippen molar-refractivity contribution in [1.82, 2.24) is 10.6 Å². The Morgan fingerprint density at radius 1 is 1.27 bits per heavy atom. The molecular weight excluding hydrogens is 136 g/mol. The molecular formula is C9H18N2. The average Bonchev–Trinajstić information content (AvgIpc) is 2.78. The van der Waals surface area contributed by atoms with Crippen LogP contribution in [0.5, 0.6) is 0 Å². The van der Waals surface area contributed by atoms with Crippen molar-refractivity contribution in [3.05, 3.63) is 0 Å². The molecule has 2 unspecified atom stereocenters. The van der Waals surface area contributed by atoms with Crippen LogP contribution in [0.2, 0.25) is 0 Å². The fourth-order valence-corrected chi connectivity index (χ4v) is 1.81. The van der Waals surface area contributed by atoms with Gasteiger partial charge in [-0.3, -0.25) is 0 Å². The van der Waals surface area contributed by atoms with E-state index in [2.05, 4.69) is 17.6 Å². The van der Waals surface area contributed by atoms with Crippen molar-refractivity contribution in [3.8, 4) is 0 Å². The van der Waals surface area contributed by atoms with Crippen LogP contribution in [0.15, 0.2) is 0 Å². The molecule has 1 aliphatic heterocycles. The highest BCUT2D eigenvalue weighted by Crippen LogP contribution is 2.22. The Hall–Kier alpha value is -0.0800. The van der Waals surface area contributed by atoms with Crippen molar-refractivity contribution in [2.45, 2.75) is 38.3 Å². The molecule has 2 rings (SSSR count). The molecule has 0 bridgehead atoms. The maximum atomic E-state index is 3.70. The zero-order valence-electron chi connectivity index (χ0n) is 7.27. The largest absolute Gasteiger partial charge is 0.316 e. The minimum atomic E-state index is 0.795. The summed E-state index contributed by atoms with van der Waals surface area (Å²) in [6.45, 7) is 4.74. The second-order valence-corrected chi connectivity index (χ2v) is 4.02. The number of nitrogens with one attached hydrogen (secondary N) is 2. The third-order valence-electron chi connectivity index (χ3n) is 2.81. The number of piperidine rings is 1. The van der Waals surface area contributed by atoms with E-state index in [-0.39, 0.29) is 0 Å². The lowest BCUT2D eigenvalue weighted by Crippen LogP contribution is -2.47. The summed E-state index contributed by atoms with van der Waals surface area (Å²) in [5.41, 5.74) is 0.